The van der Waals surface area contributed by atoms with Crippen molar-refractivity contribution in [1.29, 1.82) is 0 Å². The molecule has 1 nitrogen and oxygen atoms in total. The highest BCUT2D eigenvalue weighted by molar-refractivity contribution is 5.36. The lowest BCUT2D eigenvalue weighted by atomic mass is 9.91. The van der Waals surface area contributed by atoms with E-state index in [1.54, 1.807) is 0 Å². The summed E-state index contributed by atoms with van der Waals surface area (Å²) in [6, 6.07) is 8.36. The second-order valence-corrected chi connectivity index (χ2v) is 3.81. The van der Waals surface area contributed by atoms with Crippen LogP contribution in [-0.2, 0) is 0 Å². The van der Waals surface area contributed by atoms with Crippen molar-refractivity contribution >= 4 is 0 Å². The standard InChI is InChI=1S/C13H15N/c1-2-11-5-3-6-12(9-11)13-7-4-8-14-10-13/h1,3,5-6,9,13-14H,4,7-8,10H2/t13-/m1/s1. The molecule has 72 valence electrons. The quantitative estimate of drug-likeness (QED) is 0.661. The third kappa shape index (κ3) is 1.97. The van der Waals surface area contributed by atoms with Crippen molar-refractivity contribution in [2.45, 2.75) is 18.8 Å². The number of hydrogen-bond acceptors (Lipinski definition) is 1. The maximum absolute atomic E-state index is 5.38. The lowest BCUT2D eigenvalue weighted by Crippen LogP contribution is -2.28. The molecule has 0 bridgehead atoms. The fourth-order valence-corrected chi connectivity index (χ4v) is 2.02. The molecule has 1 aromatic rings. The number of piperidine rings is 1. The molecule has 1 aliphatic rings. The van der Waals surface area contributed by atoms with E-state index in [9.17, 15) is 0 Å². The summed E-state index contributed by atoms with van der Waals surface area (Å²) in [6.45, 7) is 2.25. The highest BCUT2D eigenvalue weighted by atomic mass is 14.9. The Morgan fingerprint density at radius 1 is 1.43 bits per heavy atom. The van der Waals surface area contributed by atoms with Crippen LogP contribution in [0.1, 0.15) is 29.9 Å². The number of rotatable bonds is 1. The number of hydrogen-bond donors (Lipinski definition) is 1. The van der Waals surface area contributed by atoms with Crippen LogP contribution in [0.5, 0.6) is 0 Å². The molecule has 14 heavy (non-hydrogen) atoms. The lowest BCUT2D eigenvalue weighted by molar-refractivity contribution is 0.461. The molecule has 1 saturated heterocycles. The van der Waals surface area contributed by atoms with E-state index in [4.69, 9.17) is 6.42 Å². The Morgan fingerprint density at radius 2 is 2.36 bits per heavy atom. The molecule has 0 aliphatic carbocycles. The van der Waals surface area contributed by atoms with E-state index in [0.717, 1.165) is 18.7 Å². The molecular formula is C13H15N. The zero-order valence-corrected chi connectivity index (χ0v) is 8.29. The Bertz CT molecular complexity index is 342. The van der Waals surface area contributed by atoms with E-state index >= 15 is 0 Å². The molecule has 0 aromatic heterocycles. The maximum Gasteiger partial charge on any atom is 0.0245 e. The number of benzene rings is 1. The largest absolute Gasteiger partial charge is 0.316 e. The molecule has 1 aromatic carbocycles. The molecule has 1 atom stereocenters. The summed E-state index contributed by atoms with van der Waals surface area (Å²) in [6.07, 6.45) is 7.93. The first-order chi connectivity index (χ1) is 6.90. The summed E-state index contributed by atoms with van der Waals surface area (Å²) in [5, 5.41) is 3.42. The van der Waals surface area contributed by atoms with Gasteiger partial charge in [0.2, 0.25) is 0 Å². The van der Waals surface area contributed by atoms with Crippen molar-refractivity contribution in [2.75, 3.05) is 13.1 Å². The van der Waals surface area contributed by atoms with Crippen LogP contribution in [0.4, 0.5) is 0 Å². The molecule has 0 spiro atoms. The van der Waals surface area contributed by atoms with E-state index in [1.165, 1.54) is 18.4 Å². The topological polar surface area (TPSA) is 12.0 Å². The van der Waals surface area contributed by atoms with E-state index in [1.807, 2.05) is 6.07 Å². The summed E-state index contributed by atoms with van der Waals surface area (Å²) < 4.78 is 0. The van der Waals surface area contributed by atoms with Gasteiger partial charge in [-0.15, -0.1) is 6.42 Å². The summed E-state index contributed by atoms with van der Waals surface area (Å²) in [7, 11) is 0. The maximum atomic E-state index is 5.38. The smallest absolute Gasteiger partial charge is 0.0245 e. The third-order valence-corrected chi connectivity index (χ3v) is 2.82. The number of nitrogens with one attached hydrogen (secondary N) is 1. The van der Waals surface area contributed by atoms with Gasteiger partial charge in [-0.2, -0.15) is 0 Å². The van der Waals surface area contributed by atoms with Gasteiger partial charge >= 0.3 is 0 Å². The molecule has 1 fully saturated rings. The van der Waals surface area contributed by atoms with Gasteiger partial charge in [0.1, 0.15) is 0 Å². The van der Waals surface area contributed by atoms with Crippen molar-refractivity contribution < 1.29 is 0 Å². The lowest BCUT2D eigenvalue weighted by Gasteiger charge is -2.23. The van der Waals surface area contributed by atoms with Crippen LogP contribution in [0.2, 0.25) is 0 Å². The second-order valence-electron chi connectivity index (χ2n) is 3.81. The van der Waals surface area contributed by atoms with E-state index in [-0.39, 0.29) is 0 Å². The highest BCUT2D eigenvalue weighted by Gasteiger charge is 2.14. The van der Waals surface area contributed by atoms with Crippen LogP contribution in [0.25, 0.3) is 0 Å². The minimum absolute atomic E-state index is 0.650. The first-order valence-corrected chi connectivity index (χ1v) is 5.17. The minimum Gasteiger partial charge on any atom is -0.316 e. The van der Waals surface area contributed by atoms with Crippen LogP contribution in [0.15, 0.2) is 24.3 Å². The SMILES string of the molecule is C#Cc1cccc([C@@H]2CCCNC2)c1. The molecular weight excluding hydrogens is 170 g/mol. The summed E-state index contributed by atoms with van der Waals surface area (Å²) in [5.74, 6) is 3.34. The van der Waals surface area contributed by atoms with Gasteiger partial charge in [0, 0.05) is 12.1 Å². The summed E-state index contributed by atoms with van der Waals surface area (Å²) >= 11 is 0. The Labute approximate surface area is 85.5 Å². The Kier molecular flexibility index (Phi) is 2.86. The predicted octanol–water partition coefficient (Wildman–Crippen LogP) is 2.13. The van der Waals surface area contributed by atoms with Gasteiger partial charge < -0.3 is 5.32 Å². The Morgan fingerprint density at radius 3 is 3.07 bits per heavy atom. The van der Waals surface area contributed by atoms with Crippen LogP contribution < -0.4 is 5.32 Å². The van der Waals surface area contributed by atoms with Gasteiger partial charge in [0.05, 0.1) is 0 Å². The average Bonchev–Trinajstić information content (AvgIpc) is 2.30. The van der Waals surface area contributed by atoms with Crippen LogP contribution >= 0.6 is 0 Å². The highest BCUT2D eigenvalue weighted by Crippen LogP contribution is 2.23. The average molecular weight is 185 g/mol. The molecule has 1 heteroatoms. The third-order valence-electron chi connectivity index (χ3n) is 2.82. The van der Waals surface area contributed by atoms with Crippen molar-refractivity contribution in [3.63, 3.8) is 0 Å². The molecule has 1 N–H and O–H groups in total. The second kappa shape index (κ2) is 4.30. The molecule has 0 saturated carbocycles. The molecule has 1 aliphatic heterocycles. The molecule has 0 unspecified atom stereocenters. The normalized spacial score (nSPS) is 21.5. The molecule has 0 amide bonds. The van der Waals surface area contributed by atoms with E-state index in [2.05, 4.69) is 29.4 Å². The fourth-order valence-electron chi connectivity index (χ4n) is 2.02. The fraction of sp³-hybridized carbons (Fsp3) is 0.385. The summed E-state index contributed by atoms with van der Waals surface area (Å²) in [4.78, 5) is 0. The zero-order valence-electron chi connectivity index (χ0n) is 8.29. The Hall–Kier alpha value is -1.26. The van der Waals surface area contributed by atoms with Crippen LogP contribution in [-0.4, -0.2) is 13.1 Å². The van der Waals surface area contributed by atoms with Gasteiger partial charge in [0.25, 0.3) is 0 Å². The first-order valence-electron chi connectivity index (χ1n) is 5.17. The zero-order chi connectivity index (χ0) is 9.80. The Balaban J connectivity index is 2.18. The van der Waals surface area contributed by atoms with Crippen LogP contribution in [0, 0.1) is 12.3 Å². The minimum atomic E-state index is 0.650. The van der Waals surface area contributed by atoms with Crippen LogP contribution in [0.3, 0.4) is 0 Å². The predicted molar refractivity (Wildman–Crippen MR) is 59.2 cm³/mol. The van der Waals surface area contributed by atoms with Gasteiger partial charge in [0.15, 0.2) is 0 Å². The van der Waals surface area contributed by atoms with Gasteiger partial charge in [-0.25, -0.2) is 0 Å². The monoisotopic (exact) mass is 185 g/mol. The van der Waals surface area contributed by atoms with Gasteiger partial charge in [-0.3, -0.25) is 0 Å². The summed E-state index contributed by atoms with van der Waals surface area (Å²) in [5.41, 5.74) is 2.38. The molecule has 2 rings (SSSR count). The van der Waals surface area contributed by atoms with E-state index in [0.29, 0.717) is 5.92 Å². The van der Waals surface area contributed by atoms with Crippen molar-refractivity contribution in [3.05, 3.63) is 35.4 Å². The van der Waals surface area contributed by atoms with Crippen molar-refractivity contribution in [2.24, 2.45) is 0 Å². The van der Waals surface area contributed by atoms with Crippen molar-refractivity contribution in [3.8, 4) is 12.3 Å². The number of terminal acetylenes is 1. The van der Waals surface area contributed by atoms with Crippen molar-refractivity contribution in [1.82, 2.24) is 5.32 Å². The molecule has 1 heterocycles. The van der Waals surface area contributed by atoms with Gasteiger partial charge in [-0.1, -0.05) is 18.1 Å². The first kappa shape index (κ1) is 9.30. The molecule has 0 radical (unpaired) electrons. The van der Waals surface area contributed by atoms with E-state index < -0.39 is 0 Å². The van der Waals surface area contributed by atoms with Gasteiger partial charge in [-0.05, 0) is 43.0 Å².